The molecule has 0 spiro atoms. The number of alkyl halides is 3. The van der Waals surface area contributed by atoms with Crippen molar-refractivity contribution in [3.8, 4) is 0 Å². The lowest BCUT2D eigenvalue weighted by Crippen LogP contribution is -2.30. The lowest BCUT2D eigenvalue weighted by Gasteiger charge is -2.09. The van der Waals surface area contributed by atoms with Gasteiger partial charge in [0.1, 0.15) is 5.76 Å². The van der Waals surface area contributed by atoms with Crippen LogP contribution in [0.2, 0.25) is 0 Å². The van der Waals surface area contributed by atoms with E-state index in [0.29, 0.717) is 0 Å². The van der Waals surface area contributed by atoms with E-state index in [1.807, 2.05) is 67.7 Å². The van der Waals surface area contributed by atoms with Crippen molar-refractivity contribution in [2.75, 3.05) is 27.2 Å². The summed E-state index contributed by atoms with van der Waals surface area (Å²) in [6.45, 7) is 25.3. The largest absolute Gasteiger partial charge is 0.508 e. The highest BCUT2D eigenvalue weighted by Gasteiger charge is 2.32. The lowest BCUT2D eigenvalue weighted by atomic mass is 10.1. The Bertz CT molecular complexity index is 1050. The van der Waals surface area contributed by atoms with Gasteiger partial charge >= 0.3 is 6.18 Å². The van der Waals surface area contributed by atoms with Crippen LogP contribution in [-0.2, 0) is 6.18 Å². The molecule has 0 aromatic heterocycles. The number of halogens is 4. The van der Waals surface area contributed by atoms with Crippen molar-refractivity contribution in [1.29, 1.82) is 0 Å². The fourth-order valence-electron chi connectivity index (χ4n) is 2.43. The Hall–Kier alpha value is -3.01. The third-order valence-corrected chi connectivity index (χ3v) is 5.79. The standard InChI is InChI=1S/C16H26N2O.C8H5F3O.C6H10BrN.2C2H6/c1-6-7-8-16(19)15(4)13(2)9-10-14(3)18-12-11-17-5;9-8(10,11)7-4-2-1-3-6(7)5-12;1-5(2)6(7)4-8-3;2*1-2/h6-10,14,17-19H,1-2,11-12H2,3-5H3;1-5H;4H,1-3H3;2*1-2H3/b8-7-,10-9?,16-15-;;;;. The molecule has 0 fully saturated rings. The summed E-state index contributed by atoms with van der Waals surface area (Å²) < 4.78 is 37.3. The third kappa shape index (κ3) is 26.4. The zero-order valence-electron chi connectivity index (χ0n) is 27.6. The molecular formula is C34H53BrF3N3O2. The fraction of sp³-hybridized carbons (Fsp3) is 0.412. The van der Waals surface area contributed by atoms with E-state index in [9.17, 15) is 23.1 Å². The van der Waals surface area contributed by atoms with Crippen molar-refractivity contribution in [2.45, 2.75) is 67.6 Å². The zero-order valence-corrected chi connectivity index (χ0v) is 29.2. The minimum atomic E-state index is -4.45. The van der Waals surface area contributed by atoms with Gasteiger partial charge in [-0.25, -0.2) is 0 Å². The van der Waals surface area contributed by atoms with Gasteiger partial charge in [0, 0.05) is 42.4 Å². The van der Waals surface area contributed by atoms with Gasteiger partial charge in [-0.2, -0.15) is 13.2 Å². The lowest BCUT2D eigenvalue weighted by molar-refractivity contribution is -0.137. The minimum Gasteiger partial charge on any atom is -0.508 e. The molecule has 9 heteroatoms. The number of nitrogens with one attached hydrogen (secondary N) is 2. The normalized spacial score (nSPS) is 11.8. The maximum absolute atomic E-state index is 12.1. The van der Waals surface area contributed by atoms with E-state index in [2.05, 4.69) is 51.6 Å². The van der Waals surface area contributed by atoms with Gasteiger partial charge in [-0.15, -0.1) is 0 Å². The molecule has 1 aromatic carbocycles. The molecule has 0 aliphatic rings. The number of likely N-dealkylation sites (N-methyl/N-ethyl adjacent to an activating group) is 1. The number of nitrogens with zero attached hydrogens (tertiary/aromatic N) is 1. The van der Waals surface area contributed by atoms with Crippen LogP contribution in [0, 0.1) is 0 Å². The van der Waals surface area contributed by atoms with Crippen LogP contribution >= 0.6 is 15.9 Å². The maximum Gasteiger partial charge on any atom is 0.417 e. The summed E-state index contributed by atoms with van der Waals surface area (Å²) in [5.41, 5.74) is 1.59. The molecule has 1 rings (SSSR count). The smallest absolute Gasteiger partial charge is 0.417 e. The Morgan fingerprint density at radius 2 is 1.65 bits per heavy atom. The molecule has 0 aliphatic heterocycles. The summed E-state index contributed by atoms with van der Waals surface area (Å²) in [7, 11) is 3.68. The molecule has 0 saturated heterocycles. The number of carbonyl (C=O) groups excluding carboxylic acids is 1. The summed E-state index contributed by atoms with van der Waals surface area (Å²) in [6.07, 6.45) is 6.41. The second-order valence-electron chi connectivity index (χ2n) is 8.27. The van der Waals surface area contributed by atoms with Crippen molar-refractivity contribution >= 4 is 28.4 Å². The summed E-state index contributed by atoms with van der Waals surface area (Å²) >= 11 is 3.33. The number of carbonyl (C=O) groups is 1. The van der Waals surface area contributed by atoms with Crippen LogP contribution in [0.25, 0.3) is 0 Å². The van der Waals surface area contributed by atoms with Crippen LogP contribution in [0.4, 0.5) is 13.2 Å². The summed E-state index contributed by atoms with van der Waals surface area (Å²) in [5.74, 6) is 0.213. The van der Waals surface area contributed by atoms with Crippen molar-refractivity contribution in [1.82, 2.24) is 10.6 Å². The van der Waals surface area contributed by atoms with E-state index in [-0.39, 0.29) is 23.7 Å². The Balaban J connectivity index is -0.000000270. The highest BCUT2D eigenvalue weighted by Crippen LogP contribution is 2.30. The maximum atomic E-state index is 12.1. The third-order valence-electron chi connectivity index (χ3n) is 4.80. The number of hydrogen-bond acceptors (Lipinski definition) is 5. The molecule has 1 unspecified atom stereocenters. The molecule has 0 bridgehead atoms. The van der Waals surface area contributed by atoms with Gasteiger partial charge in [0.15, 0.2) is 6.29 Å². The summed E-state index contributed by atoms with van der Waals surface area (Å²) in [4.78, 5) is 14.0. The molecular weight excluding hydrogens is 619 g/mol. The monoisotopic (exact) mass is 671 g/mol. The van der Waals surface area contributed by atoms with E-state index in [1.54, 1.807) is 31.5 Å². The Labute approximate surface area is 267 Å². The average molecular weight is 673 g/mol. The molecule has 0 saturated carbocycles. The van der Waals surface area contributed by atoms with Crippen LogP contribution < -0.4 is 10.6 Å². The predicted molar refractivity (Wildman–Crippen MR) is 186 cm³/mol. The topological polar surface area (TPSA) is 73.7 Å². The molecule has 1 atom stereocenters. The first-order valence-electron chi connectivity index (χ1n) is 14.1. The van der Waals surface area contributed by atoms with Crippen LogP contribution in [0.5, 0.6) is 0 Å². The van der Waals surface area contributed by atoms with Crippen molar-refractivity contribution in [3.05, 3.63) is 106 Å². The number of benzene rings is 1. The van der Waals surface area contributed by atoms with Crippen LogP contribution in [0.15, 0.2) is 99.8 Å². The Morgan fingerprint density at radius 1 is 1.09 bits per heavy atom. The molecule has 0 heterocycles. The number of allylic oxidation sites excluding steroid dienone is 8. The quantitative estimate of drug-likeness (QED) is 0.0720. The number of aliphatic hydroxyl groups is 1. The van der Waals surface area contributed by atoms with Gasteiger partial charge in [0.2, 0.25) is 0 Å². The molecule has 1 aromatic rings. The van der Waals surface area contributed by atoms with Gasteiger partial charge in [-0.05, 0) is 74.0 Å². The fourth-order valence-corrected chi connectivity index (χ4v) is 2.63. The van der Waals surface area contributed by atoms with E-state index in [0.717, 1.165) is 40.9 Å². The van der Waals surface area contributed by atoms with E-state index >= 15 is 0 Å². The number of hydrogen-bond donors (Lipinski definition) is 3. The minimum absolute atomic E-state index is 0.197. The van der Waals surface area contributed by atoms with Crippen molar-refractivity contribution < 1.29 is 23.1 Å². The van der Waals surface area contributed by atoms with Crippen molar-refractivity contribution in [2.24, 2.45) is 4.99 Å². The first-order valence-corrected chi connectivity index (χ1v) is 14.9. The molecule has 5 nitrogen and oxygen atoms in total. The number of aldehydes is 1. The number of aliphatic imine (C=N–C) groups is 1. The Kier molecular flexibility index (Phi) is 33.2. The SMILES string of the molecule is C=C/C=C\C(O)=C(/C)C(=C)C=CC(C)NCCNC.CC.CC.CN=CC(Br)=C(C)C.O=Cc1ccccc1C(F)(F)F. The molecule has 244 valence electrons. The highest BCUT2D eigenvalue weighted by atomic mass is 79.9. The van der Waals surface area contributed by atoms with Gasteiger partial charge in [-0.1, -0.05) is 88.9 Å². The molecule has 0 radical (unpaired) electrons. The predicted octanol–water partition coefficient (Wildman–Crippen LogP) is 9.82. The van der Waals surface area contributed by atoms with Gasteiger partial charge in [0.25, 0.3) is 0 Å². The van der Waals surface area contributed by atoms with E-state index in [4.69, 9.17) is 0 Å². The first-order chi connectivity index (χ1) is 20.3. The molecule has 3 N–H and O–H groups in total. The van der Waals surface area contributed by atoms with Gasteiger partial charge < -0.3 is 15.7 Å². The second-order valence-corrected chi connectivity index (χ2v) is 9.13. The van der Waals surface area contributed by atoms with Gasteiger partial charge in [0.05, 0.1) is 5.56 Å². The number of aliphatic hydroxyl groups excluding tert-OH is 1. The van der Waals surface area contributed by atoms with Gasteiger partial charge in [-0.3, -0.25) is 9.79 Å². The van der Waals surface area contributed by atoms with E-state index < -0.39 is 11.7 Å². The highest BCUT2D eigenvalue weighted by molar-refractivity contribution is 9.12. The molecule has 0 amide bonds. The average Bonchev–Trinajstić information content (AvgIpc) is 3.00. The summed E-state index contributed by atoms with van der Waals surface area (Å²) in [6, 6.07) is 4.91. The number of rotatable bonds is 11. The van der Waals surface area contributed by atoms with Crippen LogP contribution in [0.1, 0.15) is 71.3 Å². The summed E-state index contributed by atoms with van der Waals surface area (Å²) in [5, 5.41) is 16.2. The molecule has 0 aliphatic carbocycles. The van der Waals surface area contributed by atoms with Crippen LogP contribution in [0.3, 0.4) is 0 Å². The Morgan fingerprint density at radius 3 is 2.05 bits per heavy atom. The second kappa shape index (κ2) is 30.4. The first kappa shape index (κ1) is 46.9. The van der Waals surface area contributed by atoms with E-state index in [1.165, 1.54) is 17.7 Å². The molecule has 43 heavy (non-hydrogen) atoms. The van der Waals surface area contributed by atoms with Crippen molar-refractivity contribution in [3.63, 3.8) is 0 Å². The van der Waals surface area contributed by atoms with Crippen LogP contribution in [-0.4, -0.2) is 50.8 Å². The zero-order chi connectivity index (χ0) is 34.4.